The van der Waals surface area contributed by atoms with Crippen LogP contribution in [0.2, 0.25) is 0 Å². The van der Waals surface area contributed by atoms with Gasteiger partial charge < -0.3 is 4.98 Å². The molecule has 2 rings (SSSR count). The molecule has 0 radical (unpaired) electrons. The average Bonchev–Trinajstić information content (AvgIpc) is 2.29. The molecule has 88 valence electrons. The maximum atomic E-state index is 12.3. The van der Waals surface area contributed by atoms with Crippen LogP contribution < -0.4 is 5.56 Å². The number of H-pyrrole nitrogens is 1. The van der Waals surface area contributed by atoms with E-state index in [4.69, 9.17) is 0 Å². The number of alkyl halides is 3. The summed E-state index contributed by atoms with van der Waals surface area (Å²) in [5.41, 5.74) is -0.505. The zero-order valence-corrected chi connectivity index (χ0v) is 8.45. The van der Waals surface area contributed by atoms with Gasteiger partial charge in [-0.05, 0) is 17.7 Å². The summed E-state index contributed by atoms with van der Waals surface area (Å²) in [6, 6.07) is 4.35. The summed E-state index contributed by atoms with van der Waals surface area (Å²) in [5, 5.41) is 0. The van der Waals surface area contributed by atoms with E-state index >= 15 is 0 Å². The Balaban J connectivity index is 2.44. The van der Waals surface area contributed by atoms with Gasteiger partial charge in [-0.1, -0.05) is 12.1 Å². The number of halogens is 3. The number of benzene rings is 1. The van der Waals surface area contributed by atoms with Crippen molar-refractivity contribution < 1.29 is 13.2 Å². The van der Waals surface area contributed by atoms with Crippen molar-refractivity contribution in [3.63, 3.8) is 0 Å². The van der Waals surface area contributed by atoms with Crippen LogP contribution in [0.25, 0.3) is 11.1 Å². The van der Waals surface area contributed by atoms with Crippen molar-refractivity contribution in [2.75, 3.05) is 0 Å². The standard InChI is InChI=1S/C11H7F3N2O/c12-11(13,14)8-3-1-7(2-4-8)9-5-15-6-16-10(9)17/h1-6H,(H,15,16,17). The lowest BCUT2D eigenvalue weighted by atomic mass is 10.1. The smallest absolute Gasteiger partial charge is 0.313 e. The van der Waals surface area contributed by atoms with Crippen LogP contribution in [-0.2, 0) is 6.18 Å². The van der Waals surface area contributed by atoms with Crippen LogP contribution >= 0.6 is 0 Å². The molecule has 6 heteroatoms. The summed E-state index contributed by atoms with van der Waals surface area (Å²) >= 11 is 0. The van der Waals surface area contributed by atoms with E-state index in [1.807, 2.05) is 0 Å². The van der Waals surface area contributed by atoms with Crippen molar-refractivity contribution in [1.82, 2.24) is 9.97 Å². The topological polar surface area (TPSA) is 45.8 Å². The number of hydrogen-bond acceptors (Lipinski definition) is 2. The summed E-state index contributed by atoms with van der Waals surface area (Å²) in [6.07, 6.45) is -1.85. The molecule has 0 bridgehead atoms. The van der Waals surface area contributed by atoms with Crippen LogP contribution in [0.4, 0.5) is 13.2 Å². The van der Waals surface area contributed by atoms with Crippen molar-refractivity contribution in [3.05, 3.63) is 52.7 Å². The Morgan fingerprint density at radius 1 is 1.12 bits per heavy atom. The van der Waals surface area contributed by atoms with E-state index in [-0.39, 0.29) is 11.1 Å². The van der Waals surface area contributed by atoms with Gasteiger partial charge in [-0.15, -0.1) is 0 Å². The maximum Gasteiger partial charge on any atom is 0.416 e. The van der Waals surface area contributed by atoms with E-state index < -0.39 is 11.7 Å². The van der Waals surface area contributed by atoms with Crippen LogP contribution in [0, 0.1) is 0 Å². The minimum absolute atomic E-state index is 0.237. The third-order valence-corrected chi connectivity index (χ3v) is 2.24. The Bertz CT molecular complexity index is 572. The molecule has 0 saturated carbocycles. The first kappa shape index (κ1) is 11.4. The molecule has 0 fully saturated rings. The molecular formula is C11H7F3N2O. The van der Waals surface area contributed by atoms with E-state index in [2.05, 4.69) is 9.97 Å². The summed E-state index contributed by atoms with van der Waals surface area (Å²) in [7, 11) is 0. The van der Waals surface area contributed by atoms with Crippen molar-refractivity contribution in [1.29, 1.82) is 0 Å². The number of hydrogen-bond donors (Lipinski definition) is 1. The lowest BCUT2D eigenvalue weighted by molar-refractivity contribution is -0.137. The van der Waals surface area contributed by atoms with Gasteiger partial charge in [-0.2, -0.15) is 13.2 Å². The summed E-state index contributed by atoms with van der Waals surface area (Å²) in [6.45, 7) is 0. The molecule has 2 aromatic rings. The molecule has 0 aliphatic carbocycles. The Kier molecular flexibility index (Phi) is 2.71. The molecule has 17 heavy (non-hydrogen) atoms. The molecule has 0 atom stereocenters. The predicted molar refractivity (Wildman–Crippen MR) is 55.3 cm³/mol. The van der Waals surface area contributed by atoms with Crippen LogP contribution in [-0.4, -0.2) is 9.97 Å². The fourth-order valence-electron chi connectivity index (χ4n) is 1.39. The van der Waals surface area contributed by atoms with Crippen molar-refractivity contribution >= 4 is 0 Å². The largest absolute Gasteiger partial charge is 0.416 e. The molecule has 3 nitrogen and oxygen atoms in total. The highest BCUT2D eigenvalue weighted by molar-refractivity contribution is 5.61. The fraction of sp³-hybridized carbons (Fsp3) is 0.0909. The first-order valence-corrected chi connectivity index (χ1v) is 4.69. The van der Waals surface area contributed by atoms with Crippen molar-refractivity contribution in [2.45, 2.75) is 6.18 Å². The lowest BCUT2D eigenvalue weighted by Gasteiger charge is -2.06. The summed E-state index contributed by atoms with van der Waals surface area (Å²) in [5.74, 6) is 0. The van der Waals surface area contributed by atoms with E-state index in [1.54, 1.807) is 0 Å². The second-order valence-corrected chi connectivity index (χ2v) is 3.37. The number of aromatic nitrogens is 2. The minimum Gasteiger partial charge on any atom is -0.313 e. The van der Waals surface area contributed by atoms with Crippen LogP contribution in [0.15, 0.2) is 41.6 Å². The molecule has 0 aliphatic heterocycles. The van der Waals surface area contributed by atoms with Gasteiger partial charge in [-0.3, -0.25) is 4.79 Å². The number of aromatic amines is 1. The molecule has 0 amide bonds. The molecule has 0 unspecified atom stereocenters. The van der Waals surface area contributed by atoms with E-state index in [1.165, 1.54) is 24.7 Å². The van der Waals surface area contributed by atoms with Gasteiger partial charge in [0.2, 0.25) is 0 Å². The van der Waals surface area contributed by atoms with Crippen LogP contribution in [0.5, 0.6) is 0 Å². The molecule has 1 aromatic heterocycles. The Morgan fingerprint density at radius 3 is 2.29 bits per heavy atom. The summed E-state index contributed by atoms with van der Waals surface area (Å²) in [4.78, 5) is 17.5. The van der Waals surface area contributed by atoms with Gasteiger partial charge in [0.25, 0.3) is 5.56 Å². The lowest BCUT2D eigenvalue weighted by Crippen LogP contribution is -2.09. The highest BCUT2D eigenvalue weighted by atomic mass is 19.4. The Morgan fingerprint density at radius 2 is 1.76 bits per heavy atom. The fourth-order valence-corrected chi connectivity index (χ4v) is 1.39. The third-order valence-electron chi connectivity index (χ3n) is 2.24. The predicted octanol–water partition coefficient (Wildman–Crippen LogP) is 2.46. The van der Waals surface area contributed by atoms with Gasteiger partial charge in [0, 0.05) is 6.20 Å². The van der Waals surface area contributed by atoms with Gasteiger partial charge in [0.1, 0.15) is 0 Å². The van der Waals surface area contributed by atoms with Gasteiger partial charge in [0.15, 0.2) is 0 Å². The van der Waals surface area contributed by atoms with Crippen LogP contribution in [0.1, 0.15) is 5.56 Å². The Labute approximate surface area is 94.0 Å². The Hall–Kier alpha value is -2.11. The molecule has 1 N–H and O–H groups in total. The van der Waals surface area contributed by atoms with Gasteiger partial charge in [0.05, 0.1) is 17.5 Å². The zero-order valence-electron chi connectivity index (χ0n) is 8.45. The summed E-state index contributed by atoms with van der Waals surface area (Å²) < 4.78 is 37.0. The van der Waals surface area contributed by atoms with E-state index in [0.717, 1.165) is 12.1 Å². The molecule has 0 spiro atoms. The molecule has 0 aliphatic rings. The first-order chi connectivity index (χ1) is 7.98. The van der Waals surface area contributed by atoms with Crippen molar-refractivity contribution in [3.8, 4) is 11.1 Å². The monoisotopic (exact) mass is 240 g/mol. The molecule has 0 saturated heterocycles. The molecule has 1 aromatic carbocycles. The number of rotatable bonds is 1. The highest BCUT2D eigenvalue weighted by Gasteiger charge is 2.30. The quantitative estimate of drug-likeness (QED) is 0.832. The van der Waals surface area contributed by atoms with Crippen LogP contribution in [0.3, 0.4) is 0 Å². The molecular weight excluding hydrogens is 233 g/mol. The zero-order chi connectivity index (χ0) is 12.5. The van der Waals surface area contributed by atoms with E-state index in [9.17, 15) is 18.0 Å². The SMILES string of the molecule is O=c1[nH]cncc1-c1ccc(C(F)(F)F)cc1. The minimum atomic E-state index is -4.38. The second kappa shape index (κ2) is 4.04. The second-order valence-electron chi connectivity index (χ2n) is 3.37. The van der Waals surface area contributed by atoms with Gasteiger partial charge in [-0.25, -0.2) is 4.98 Å². The normalized spacial score (nSPS) is 11.5. The maximum absolute atomic E-state index is 12.3. The molecule has 1 heterocycles. The third kappa shape index (κ3) is 2.35. The number of nitrogens with zero attached hydrogens (tertiary/aromatic N) is 1. The highest BCUT2D eigenvalue weighted by Crippen LogP contribution is 2.30. The average molecular weight is 240 g/mol. The van der Waals surface area contributed by atoms with Gasteiger partial charge >= 0.3 is 6.18 Å². The van der Waals surface area contributed by atoms with Crippen molar-refractivity contribution in [2.24, 2.45) is 0 Å². The first-order valence-electron chi connectivity index (χ1n) is 4.69. The van der Waals surface area contributed by atoms with E-state index in [0.29, 0.717) is 5.56 Å². The number of nitrogens with one attached hydrogen (secondary N) is 1.